The van der Waals surface area contributed by atoms with E-state index in [0.717, 1.165) is 18.7 Å². The van der Waals surface area contributed by atoms with Gasteiger partial charge in [-0.3, -0.25) is 14.1 Å². The molecule has 1 aliphatic rings. The van der Waals surface area contributed by atoms with Gasteiger partial charge in [-0.15, -0.1) is 10.2 Å². The summed E-state index contributed by atoms with van der Waals surface area (Å²) in [5, 5.41) is 12.0. The summed E-state index contributed by atoms with van der Waals surface area (Å²) in [6.07, 6.45) is 3.31. The van der Waals surface area contributed by atoms with Crippen molar-refractivity contribution in [3.63, 3.8) is 0 Å². The SMILES string of the molecule is Cn1ccn2c(CNc3nc4ccccc4cc3S(=O)(=O)NC(CN3CCOCC3)c3ccccc3)nnc2c1=O. The van der Waals surface area contributed by atoms with Gasteiger partial charge in [0.15, 0.2) is 5.82 Å². The first-order valence-electron chi connectivity index (χ1n) is 13.3. The number of sulfonamides is 1. The molecule has 1 aliphatic heterocycles. The number of para-hydroxylation sites is 1. The molecule has 0 aliphatic carbocycles. The van der Waals surface area contributed by atoms with Crippen LogP contribution in [-0.4, -0.2) is 70.3 Å². The first-order valence-corrected chi connectivity index (χ1v) is 14.8. The second kappa shape index (κ2) is 11.4. The lowest BCUT2D eigenvalue weighted by Gasteiger charge is -2.31. The Balaban J connectivity index is 1.35. The molecule has 0 bridgehead atoms. The Morgan fingerprint density at radius 2 is 1.76 bits per heavy atom. The van der Waals surface area contributed by atoms with Crippen LogP contribution in [0.1, 0.15) is 17.4 Å². The van der Waals surface area contributed by atoms with E-state index in [4.69, 9.17) is 4.74 Å². The topological polar surface area (TPSA) is 136 Å². The highest BCUT2D eigenvalue weighted by Gasteiger charge is 2.28. The lowest BCUT2D eigenvalue weighted by atomic mass is 10.1. The molecule has 1 unspecified atom stereocenters. The number of pyridine rings is 1. The minimum absolute atomic E-state index is 0.0174. The van der Waals surface area contributed by atoms with Gasteiger partial charge in [0.05, 0.1) is 31.3 Å². The summed E-state index contributed by atoms with van der Waals surface area (Å²) in [6, 6.07) is 18.0. The number of fused-ring (bicyclic) bond motifs is 2. The third-order valence-electron chi connectivity index (χ3n) is 7.15. The zero-order valence-electron chi connectivity index (χ0n) is 22.5. The van der Waals surface area contributed by atoms with Crippen LogP contribution in [0.2, 0.25) is 0 Å². The van der Waals surface area contributed by atoms with E-state index in [1.165, 1.54) is 4.57 Å². The van der Waals surface area contributed by atoms with E-state index in [2.05, 4.69) is 30.1 Å². The lowest BCUT2D eigenvalue weighted by Crippen LogP contribution is -2.43. The smallest absolute Gasteiger partial charge is 0.295 e. The van der Waals surface area contributed by atoms with Crippen molar-refractivity contribution >= 4 is 32.4 Å². The van der Waals surface area contributed by atoms with E-state index >= 15 is 0 Å². The van der Waals surface area contributed by atoms with E-state index in [9.17, 15) is 13.2 Å². The summed E-state index contributed by atoms with van der Waals surface area (Å²) >= 11 is 0. The van der Waals surface area contributed by atoms with Crippen LogP contribution >= 0.6 is 0 Å². The predicted molar refractivity (Wildman–Crippen MR) is 154 cm³/mol. The van der Waals surface area contributed by atoms with Gasteiger partial charge in [-0.25, -0.2) is 18.1 Å². The van der Waals surface area contributed by atoms with Gasteiger partial charge in [0.25, 0.3) is 5.56 Å². The normalized spacial score (nSPS) is 15.3. The average Bonchev–Trinajstić information content (AvgIpc) is 3.41. The number of rotatable bonds is 9. The Morgan fingerprint density at radius 1 is 1.00 bits per heavy atom. The predicted octanol–water partition coefficient (Wildman–Crippen LogP) is 1.94. The second-order valence-corrected chi connectivity index (χ2v) is 11.6. The van der Waals surface area contributed by atoms with Crippen molar-refractivity contribution in [3.8, 4) is 0 Å². The van der Waals surface area contributed by atoms with Crippen molar-refractivity contribution in [3.05, 3.63) is 94.8 Å². The first-order chi connectivity index (χ1) is 19.9. The van der Waals surface area contributed by atoms with E-state index in [1.807, 2.05) is 54.6 Å². The second-order valence-electron chi connectivity index (χ2n) is 9.90. The summed E-state index contributed by atoms with van der Waals surface area (Å²) in [7, 11) is -2.42. The molecule has 12 nitrogen and oxygen atoms in total. The molecule has 5 aromatic rings. The van der Waals surface area contributed by atoms with Gasteiger partial charge in [0, 0.05) is 44.5 Å². The summed E-state index contributed by atoms with van der Waals surface area (Å²) < 4.78 is 39.6. The standard InChI is InChI=1S/C28H30N8O4S/c1-34-11-12-36-25(31-32-27(36)28(34)37)18-29-26-24(17-21-9-5-6-10-22(21)30-26)41(38,39)33-23(20-7-3-2-4-8-20)19-35-13-15-40-16-14-35/h2-12,17,23,33H,13-16,18-19H2,1H3,(H,29,30). The van der Waals surface area contributed by atoms with Crippen molar-refractivity contribution in [2.75, 3.05) is 38.2 Å². The van der Waals surface area contributed by atoms with Gasteiger partial charge in [0.2, 0.25) is 15.7 Å². The highest BCUT2D eigenvalue weighted by molar-refractivity contribution is 7.89. The molecule has 4 heterocycles. The molecule has 1 saturated heterocycles. The number of aromatic nitrogens is 5. The van der Waals surface area contributed by atoms with E-state index < -0.39 is 16.1 Å². The molecule has 2 aromatic carbocycles. The zero-order valence-corrected chi connectivity index (χ0v) is 23.3. The van der Waals surface area contributed by atoms with Gasteiger partial charge in [-0.1, -0.05) is 48.5 Å². The monoisotopic (exact) mass is 574 g/mol. The molecule has 212 valence electrons. The fourth-order valence-electron chi connectivity index (χ4n) is 4.92. The number of aryl methyl sites for hydroxylation is 1. The fourth-order valence-corrected chi connectivity index (χ4v) is 6.28. The average molecular weight is 575 g/mol. The third-order valence-corrected chi connectivity index (χ3v) is 8.64. The third kappa shape index (κ3) is 5.70. The molecule has 3 aromatic heterocycles. The van der Waals surface area contributed by atoms with Crippen molar-refractivity contribution in [2.24, 2.45) is 7.05 Å². The van der Waals surface area contributed by atoms with Gasteiger partial charge in [-0.05, 0) is 17.7 Å². The summed E-state index contributed by atoms with van der Waals surface area (Å²) in [6.45, 7) is 3.27. The van der Waals surface area contributed by atoms with Crippen molar-refractivity contribution in [1.82, 2.24) is 33.8 Å². The summed E-state index contributed by atoms with van der Waals surface area (Å²) in [5.41, 5.74) is 1.40. The van der Waals surface area contributed by atoms with Crippen LogP contribution in [0.5, 0.6) is 0 Å². The van der Waals surface area contributed by atoms with Gasteiger partial charge < -0.3 is 14.6 Å². The summed E-state index contributed by atoms with van der Waals surface area (Å²) in [4.78, 5) is 19.3. The minimum atomic E-state index is -4.06. The number of hydrogen-bond donors (Lipinski definition) is 2. The van der Waals surface area contributed by atoms with Gasteiger partial charge in [0.1, 0.15) is 10.7 Å². The first kappa shape index (κ1) is 27.0. The molecule has 0 amide bonds. The zero-order chi connectivity index (χ0) is 28.4. The van der Waals surface area contributed by atoms with E-state index in [0.29, 0.717) is 36.5 Å². The van der Waals surface area contributed by atoms with E-state index in [1.54, 1.807) is 29.9 Å². The maximum absolute atomic E-state index is 14.1. The van der Waals surface area contributed by atoms with Gasteiger partial charge >= 0.3 is 0 Å². The molecule has 6 rings (SSSR count). The molecular weight excluding hydrogens is 544 g/mol. The lowest BCUT2D eigenvalue weighted by molar-refractivity contribution is 0.0345. The molecule has 13 heteroatoms. The van der Waals surface area contributed by atoms with Crippen LogP contribution in [0.4, 0.5) is 5.82 Å². The van der Waals surface area contributed by atoms with E-state index in [-0.39, 0.29) is 28.5 Å². The number of hydrogen-bond acceptors (Lipinski definition) is 9. The molecular formula is C28H30N8O4S. The number of anilines is 1. The number of ether oxygens (including phenoxy) is 1. The highest BCUT2D eigenvalue weighted by atomic mass is 32.2. The molecule has 0 spiro atoms. The van der Waals surface area contributed by atoms with Crippen LogP contribution in [0.15, 0.2) is 82.7 Å². The molecule has 41 heavy (non-hydrogen) atoms. The Bertz CT molecular complexity index is 1850. The van der Waals surface area contributed by atoms with Crippen LogP contribution in [0.3, 0.4) is 0 Å². The molecule has 0 radical (unpaired) electrons. The minimum Gasteiger partial charge on any atom is -0.379 e. The number of morpholine rings is 1. The summed E-state index contributed by atoms with van der Waals surface area (Å²) in [5.74, 6) is 0.619. The molecule has 0 saturated carbocycles. The Kier molecular flexibility index (Phi) is 7.49. The van der Waals surface area contributed by atoms with Crippen molar-refractivity contribution in [2.45, 2.75) is 17.5 Å². The number of benzene rings is 2. The molecule has 2 N–H and O–H groups in total. The Morgan fingerprint density at radius 3 is 2.56 bits per heavy atom. The molecule has 1 fully saturated rings. The quantitative estimate of drug-likeness (QED) is 0.271. The van der Waals surface area contributed by atoms with Crippen molar-refractivity contribution in [1.29, 1.82) is 0 Å². The van der Waals surface area contributed by atoms with Crippen LogP contribution in [0.25, 0.3) is 16.6 Å². The maximum atomic E-state index is 14.1. The van der Waals surface area contributed by atoms with Crippen LogP contribution in [0, 0.1) is 0 Å². The van der Waals surface area contributed by atoms with Gasteiger partial charge in [-0.2, -0.15) is 0 Å². The largest absolute Gasteiger partial charge is 0.379 e. The fraction of sp³-hybridized carbons (Fsp3) is 0.286. The molecule has 1 atom stereocenters. The highest BCUT2D eigenvalue weighted by Crippen LogP contribution is 2.27. The Hall–Kier alpha value is -4.17. The van der Waals surface area contributed by atoms with Crippen molar-refractivity contribution < 1.29 is 13.2 Å². The number of nitrogens with zero attached hydrogens (tertiary/aromatic N) is 6. The maximum Gasteiger partial charge on any atom is 0.295 e. The number of nitrogens with one attached hydrogen (secondary N) is 2. The van der Waals surface area contributed by atoms with Crippen LogP contribution < -0.4 is 15.6 Å². The Labute approximate surface area is 236 Å². The van der Waals surface area contributed by atoms with Crippen LogP contribution in [-0.2, 0) is 28.4 Å².